The van der Waals surface area contributed by atoms with Crippen LogP contribution in [0.2, 0.25) is 0 Å². The third kappa shape index (κ3) is 2.34. The number of imidazole rings is 1. The highest BCUT2D eigenvalue weighted by molar-refractivity contribution is 5.53. The molecular weight excluding hydrogens is 262 g/mol. The summed E-state index contributed by atoms with van der Waals surface area (Å²) >= 11 is 0. The number of aryl methyl sites for hydroxylation is 1. The van der Waals surface area contributed by atoms with Crippen LogP contribution in [0.4, 0.5) is 0 Å². The third-order valence-electron chi connectivity index (χ3n) is 4.82. The van der Waals surface area contributed by atoms with Crippen LogP contribution in [0.3, 0.4) is 0 Å². The van der Waals surface area contributed by atoms with Crippen molar-refractivity contribution < 1.29 is 0 Å². The van der Waals surface area contributed by atoms with Crippen molar-refractivity contribution in [3.8, 4) is 0 Å². The Kier molecular flexibility index (Phi) is 3.39. The first-order chi connectivity index (χ1) is 10.3. The Bertz CT molecular complexity index is 647. The molecule has 3 heterocycles. The molecule has 5 nitrogen and oxygen atoms in total. The van der Waals surface area contributed by atoms with Crippen molar-refractivity contribution in [2.75, 3.05) is 26.7 Å². The van der Waals surface area contributed by atoms with E-state index in [1.54, 1.807) is 0 Å². The molecule has 2 aromatic heterocycles. The van der Waals surface area contributed by atoms with Gasteiger partial charge < -0.3 is 10.2 Å². The zero-order valence-electron chi connectivity index (χ0n) is 12.7. The predicted molar refractivity (Wildman–Crippen MR) is 82.5 cm³/mol. The number of aromatic nitrogens is 3. The van der Waals surface area contributed by atoms with Gasteiger partial charge in [0.25, 0.3) is 0 Å². The van der Waals surface area contributed by atoms with Gasteiger partial charge in [-0.1, -0.05) is 0 Å². The van der Waals surface area contributed by atoms with Gasteiger partial charge in [0.15, 0.2) is 5.65 Å². The van der Waals surface area contributed by atoms with Crippen LogP contribution >= 0.6 is 0 Å². The Morgan fingerprint density at radius 3 is 2.95 bits per heavy atom. The Balaban J connectivity index is 1.83. The molecule has 0 aromatic carbocycles. The zero-order valence-corrected chi connectivity index (χ0v) is 12.7. The second-order valence-corrected chi connectivity index (χ2v) is 6.37. The van der Waals surface area contributed by atoms with Gasteiger partial charge in [0, 0.05) is 24.5 Å². The normalized spacial score (nSPS) is 24.0. The maximum absolute atomic E-state index is 4.91. The number of nitrogens with zero attached hydrogens (tertiary/aromatic N) is 4. The molecule has 1 aliphatic heterocycles. The zero-order chi connectivity index (χ0) is 14.2. The lowest BCUT2D eigenvalue weighted by Gasteiger charge is -2.26. The van der Waals surface area contributed by atoms with E-state index in [-0.39, 0.29) is 0 Å². The first-order valence-corrected chi connectivity index (χ1v) is 8.10. The number of hydrogen-bond acceptors (Lipinski definition) is 4. The van der Waals surface area contributed by atoms with Gasteiger partial charge in [-0.15, -0.1) is 0 Å². The lowest BCUT2D eigenvalue weighted by molar-refractivity contribution is 0.322. The molecule has 1 atom stereocenters. The van der Waals surface area contributed by atoms with Gasteiger partial charge in [0.05, 0.1) is 11.7 Å². The third-order valence-corrected chi connectivity index (χ3v) is 4.82. The lowest BCUT2D eigenvalue weighted by atomic mass is 9.89. The van der Waals surface area contributed by atoms with Gasteiger partial charge >= 0.3 is 0 Å². The first-order valence-electron chi connectivity index (χ1n) is 8.10. The summed E-state index contributed by atoms with van der Waals surface area (Å²) < 4.78 is 1.98. The van der Waals surface area contributed by atoms with E-state index < -0.39 is 0 Å². The van der Waals surface area contributed by atoms with Crippen molar-refractivity contribution in [3.05, 3.63) is 29.2 Å². The van der Waals surface area contributed by atoms with E-state index in [0.717, 1.165) is 31.6 Å². The van der Waals surface area contributed by atoms with Gasteiger partial charge in [-0.25, -0.2) is 9.50 Å². The molecule has 1 saturated heterocycles. The maximum Gasteiger partial charge on any atom is 0.156 e. The SMILES string of the molecule is CN1CCCNC(c2nn3ccnc3c3c2CCCC3)C1. The molecule has 0 amide bonds. The van der Waals surface area contributed by atoms with Crippen LogP contribution in [0.1, 0.15) is 42.1 Å². The summed E-state index contributed by atoms with van der Waals surface area (Å²) in [6, 6.07) is 0.344. The summed E-state index contributed by atoms with van der Waals surface area (Å²) in [6.45, 7) is 3.28. The van der Waals surface area contributed by atoms with Crippen LogP contribution < -0.4 is 5.32 Å². The Hall–Kier alpha value is -1.46. The maximum atomic E-state index is 4.91. The fourth-order valence-corrected chi connectivity index (χ4v) is 3.76. The molecule has 1 N–H and O–H groups in total. The number of likely N-dealkylation sites (N-methyl/N-ethyl adjacent to an activating group) is 1. The van der Waals surface area contributed by atoms with Gasteiger partial charge in [0.2, 0.25) is 0 Å². The molecule has 0 bridgehead atoms. The molecule has 0 saturated carbocycles. The van der Waals surface area contributed by atoms with E-state index in [4.69, 9.17) is 5.10 Å². The molecule has 0 spiro atoms. The average molecular weight is 285 g/mol. The van der Waals surface area contributed by atoms with Crippen LogP contribution in [-0.2, 0) is 12.8 Å². The summed E-state index contributed by atoms with van der Waals surface area (Å²) in [5, 5.41) is 8.61. The summed E-state index contributed by atoms with van der Waals surface area (Å²) in [5.74, 6) is 0. The standard InChI is InChI=1S/C16H23N5/c1-20-9-4-7-17-14(11-20)15-12-5-2-3-6-13(12)16-18-8-10-21(16)19-15/h8,10,14,17H,2-7,9,11H2,1H3. The first kappa shape index (κ1) is 13.2. The highest BCUT2D eigenvalue weighted by Gasteiger charge is 2.26. The second kappa shape index (κ2) is 5.39. The van der Waals surface area contributed by atoms with E-state index in [0.29, 0.717) is 6.04 Å². The summed E-state index contributed by atoms with van der Waals surface area (Å²) in [5.41, 5.74) is 5.22. The largest absolute Gasteiger partial charge is 0.307 e. The van der Waals surface area contributed by atoms with Gasteiger partial charge in [-0.2, -0.15) is 5.10 Å². The van der Waals surface area contributed by atoms with Crippen molar-refractivity contribution in [1.82, 2.24) is 24.8 Å². The monoisotopic (exact) mass is 285 g/mol. The van der Waals surface area contributed by atoms with Crippen LogP contribution in [0, 0.1) is 0 Å². The second-order valence-electron chi connectivity index (χ2n) is 6.37. The van der Waals surface area contributed by atoms with Crippen molar-refractivity contribution >= 4 is 5.65 Å². The molecule has 21 heavy (non-hydrogen) atoms. The van der Waals surface area contributed by atoms with Crippen molar-refractivity contribution in [3.63, 3.8) is 0 Å². The number of fused-ring (bicyclic) bond motifs is 3. The van der Waals surface area contributed by atoms with E-state index >= 15 is 0 Å². The molecule has 1 unspecified atom stereocenters. The fraction of sp³-hybridized carbons (Fsp3) is 0.625. The highest BCUT2D eigenvalue weighted by atomic mass is 15.3. The van der Waals surface area contributed by atoms with Crippen LogP contribution in [0.5, 0.6) is 0 Å². The predicted octanol–water partition coefficient (Wildman–Crippen LogP) is 1.57. The van der Waals surface area contributed by atoms with Gasteiger partial charge in [0.1, 0.15) is 0 Å². The highest BCUT2D eigenvalue weighted by Crippen LogP contribution is 2.30. The Morgan fingerprint density at radius 1 is 1.19 bits per heavy atom. The summed E-state index contributed by atoms with van der Waals surface area (Å²) in [4.78, 5) is 6.94. The quantitative estimate of drug-likeness (QED) is 0.864. The number of rotatable bonds is 1. The van der Waals surface area contributed by atoms with Crippen molar-refractivity contribution in [2.24, 2.45) is 0 Å². The van der Waals surface area contributed by atoms with Crippen molar-refractivity contribution in [2.45, 2.75) is 38.1 Å². The lowest BCUT2D eigenvalue weighted by Crippen LogP contribution is -2.31. The Labute approximate surface area is 125 Å². The molecule has 1 aliphatic carbocycles. The molecule has 2 aliphatic rings. The molecule has 0 radical (unpaired) electrons. The Morgan fingerprint density at radius 2 is 2.05 bits per heavy atom. The molecule has 1 fully saturated rings. The van der Waals surface area contributed by atoms with Gasteiger partial charge in [-0.3, -0.25) is 0 Å². The smallest absolute Gasteiger partial charge is 0.156 e. The van der Waals surface area contributed by atoms with E-state index in [1.165, 1.54) is 42.6 Å². The summed E-state index contributed by atoms with van der Waals surface area (Å²) in [7, 11) is 2.21. The van der Waals surface area contributed by atoms with E-state index in [9.17, 15) is 0 Å². The molecule has 4 rings (SSSR count). The molecule has 2 aromatic rings. The van der Waals surface area contributed by atoms with Crippen molar-refractivity contribution in [1.29, 1.82) is 0 Å². The minimum absolute atomic E-state index is 0.344. The van der Waals surface area contributed by atoms with Crippen LogP contribution in [-0.4, -0.2) is 46.2 Å². The molecular formula is C16H23N5. The molecule has 5 heteroatoms. The van der Waals surface area contributed by atoms with Crippen LogP contribution in [0.25, 0.3) is 5.65 Å². The molecule has 112 valence electrons. The average Bonchev–Trinajstić information content (AvgIpc) is 2.88. The number of nitrogens with one attached hydrogen (secondary N) is 1. The number of hydrogen-bond donors (Lipinski definition) is 1. The minimum Gasteiger partial charge on any atom is -0.307 e. The van der Waals surface area contributed by atoms with E-state index in [1.807, 2.05) is 16.9 Å². The fourth-order valence-electron chi connectivity index (χ4n) is 3.76. The van der Waals surface area contributed by atoms with Gasteiger partial charge in [-0.05, 0) is 57.8 Å². The van der Waals surface area contributed by atoms with Crippen LogP contribution in [0.15, 0.2) is 12.4 Å². The van der Waals surface area contributed by atoms with E-state index in [2.05, 4.69) is 22.2 Å². The topological polar surface area (TPSA) is 45.5 Å². The summed E-state index contributed by atoms with van der Waals surface area (Å²) in [6.07, 6.45) is 9.92. The minimum atomic E-state index is 0.344.